The zero-order valence-corrected chi connectivity index (χ0v) is 5.70. The Morgan fingerprint density at radius 2 is 1.60 bits per heavy atom. The molecule has 1 fully saturated rings. The van der Waals surface area contributed by atoms with Gasteiger partial charge in [0.1, 0.15) is 0 Å². The summed E-state index contributed by atoms with van der Waals surface area (Å²) < 4.78 is 10.3. The van der Waals surface area contributed by atoms with Gasteiger partial charge in [0.2, 0.25) is 0 Å². The Balaban J connectivity index is 0.000000810. The third-order valence-electron chi connectivity index (χ3n) is 1.54. The van der Waals surface area contributed by atoms with Crippen molar-refractivity contribution in [2.45, 2.75) is 39.8 Å². The molecule has 0 amide bonds. The summed E-state index contributed by atoms with van der Waals surface area (Å²) in [5, 5.41) is 8.55. The topological polar surface area (TPSA) is 38.7 Å². The largest absolute Gasteiger partial charge is 0.391 e. The summed E-state index contributed by atoms with van der Waals surface area (Å²) >= 11 is 0. The van der Waals surface area contributed by atoms with E-state index in [0.717, 1.165) is 0 Å². The number of hydrogen-bond acceptors (Lipinski definition) is 3. The van der Waals surface area contributed by atoms with Gasteiger partial charge in [0, 0.05) is 0 Å². The van der Waals surface area contributed by atoms with Crippen molar-refractivity contribution in [1.29, 1.82) is 0 Å². The van der Waals surface area contributed by atoms with Crippen molar-refractivity contribution in [3.8, 4) is 0 Å². The number of rotatable bonds is 1. The Morgan fingerprint density at radius 3 is 1.80 bits per heavy atom. The number of aliphatic hydroxyl groups is 1. The fourth-order valence-corrected chi connectivity index (χ4v) is 0.818. The number of ether oxygens (including phenoxy) is 2. The average Bonchev–Trinajstić information content (AvgIpc) is 2.13. The molecule has 0 bridgehead atoms. The Morgan fingerprint density at radius 1 is 1.20 bits per heavy atom. The summed E-state index contributed by atoms with van der Waals surface area (Å²) in [7, 11) is 0. The molecule has 1 aliphatic heterocycles. The van der Waals surface area contributed by atoms with E-state index in [9.17, 15) is 0 Å². The third-order valence-corrected chi connectivity index (χ3v) is 1.54. The lowest BCUT2D eigenvalue weighted by Gasteiger charge is -2.02. The van der Waals surface area contributed by atoms with E-state index < -0.39 is 6.29 Å². The van der Waals surface area contributed by atoms with Gasteiger partial charge >= 0.3 is 0 Å². The fourth-order valence-electron chi connectivity index (χ4n) is 0.818. The minimum Gasteiger partial charge on any atom is -0.391 e. The van der Waals surface area contributed by atoms with E-state index in [2.05, 4.69) is 0 Å². The van der Waals surface area contributed by atoms with Gasteiger partial charge in [0.25, 0.3) is 0 Å². The summed E-state index contributed by atoms with van der Waals surface area (Å²) in [6, 6.07) is 0. The minimum atomic E-state index is -0.394. The van der Waals surface area contributed by atoms with Crippen molar-refractivity contribution in [1.82, 2.24) is 0 Å². The van der Waals surface area contributed by atoms with Crippen LogP contribution in [0.4, 0.5) is 0 Å². The molecule has 3 heteroatoms. The maximum Gasteiger partial charge on any atom is 0.181 e. The molecule has 62 valence electrons. The molecular weight excluding hydrogens is 132 g/mol. The quantitative estimate of drug-likeness (QED) is 0.596. The van der Waals surface area contributed by atoms with Crippen molar-refractivity contribution < 1.29 is 14.6 Å². The van der Waals surface area contributed by atoms with Crippen LogP contribution < -0.4 is 0 Å². The van der Waals surface area contributed by atoms with E-state index in [1.165, 1.54) is 0 Å². The molecule has 0 radical (unpaired) electrons. The van der Waals surface area contributed by atoms with Crippen LogP contribution in [0.25, 0.3) is 0 Å². The highest BCUT2D eigenvalue weighted by Crippen LogP contribution is 2.16. The van der Waals surface area contributed by atoms with Crippen molar-refractivity contribution in [2.75, 3.05) is 6.61 Å². The summed E-state index contributed by atoms with van der Waals surface area (Å²) in [5.74, 6) is 0. The van der Waals surface area contributed by atoms with Gasteiger partial charge in [0.15, 0.2) is 6.29 Å². The van der Waals surface area contributed by atoms with E-state index >= 15 is 0 Å². The molecule has 1 rings (SSSR count). The Hall–Kier alpha value is -0.120. The Bertz CT molecular complexity index is 84.9. The zero-order chi connectivity index (χ0) is 6.85. The van der Waals surface area contributed by atoms with Crippen molar-refractivity contribution in [3.63, 3.8) is 0 Å². The van der Waals surface area contributed by atoms with Crippen LogP contribution in [0, 0.1) is 0 Å². The van der Waals surface area contributed by atoms with E-state index in [0.29, 0.717) is 0 Å². The maximum atomic E-state index is 8.55. The monoisotopic (exact) mass is 148 g/mol. The fraction of sp³-hybridized carbons (Fsp3) is 1.00. The molecule has 0 aromatic heterocycles. The molecule has 1 heterocycles. The van der Waals surface area contributed by atoms with Gasteiger partial charge in [-0.15, -0.1) is 0 Å². The van der Waals surface area contributed by atoms with Crippen LogP contribution in [0.3, 0.4) is 0 Å². The van der Waals surface area contributed by atoms with Gasteiger partial charge < -0.3 is 14.6 Å². The van der Waals surface area contributed by atoms with Crippen LogP contribution in [-0.4, -0.2) is 30.2 Å². The molecule has 2 unspecified atom stereocenters. The first-order valence-corrected chi connectivity index (χ1v) is 3.16. The second-order valence-electron chi connectivity index (χ2n) is 2.29. The smallest absolute Gasteiger partial charge is 0.181 e. The second-order valence-corrected chi connectivity index (χ2v) is 2.29. The lowest BCUT2D eigenvalue weighted by Crippen LogP contribution is -2.13. The first-order valence-electron chi connectivity index (χ1n) is 3.16. The predicted molar refractivity (Wildman–Crippen MR) is 38.7 cm³/mol. The predicted octanol–water partition coefficient (Wildman–Crippen LogP) is 0.765. The normalized spacial score (nSPS) is 39.3. The highest BCUT2D eigenvalue weighted by atomic mass is 16.7. The van der Waals surface area contributed by atoms with Crippen molar-refractivity contribution in [3.05, 3.63) is 0 Å². The molecule has 3 nitrogen and oxygen atoms in total. The minimum absolute atomic E-state index is 0. The van der Waals surface area contributed by atoms with Gasteiger partial charge in [-0.05, 0) is 13.8 Å². The molecule has 3 atom stereocenters. The third kappa shape index (κ3) is 1.94. The molecular formula is C7H16O3. The zero-order valence-electron chi connectivity index (χ0n) is 5.70. The maximum absolute atomic E-state index is 8.55. The highest BCUT2D eigenvalue weighted by Gasteiger charge is 2.28. The van der Waals surface area contributed by atoms with E-state index in [-0.39, 0.29) is 26.2 Å². The lowest BCUT2D eigenvalue weighted by atomic mass is 10.3. The Kier molecular flexibility index (Phi) is 3.86. The van der Waals surface area contributed by atoms with Gasteiger partial charge in [-0.1, -0.05) is 7.43 Å². The molecule has 1 N–H and O–H groups in total. The first-order chi connectivity index (χ1) is 4.24. The van der Waals surface area contributed by atoms with Crippen LogP contribution in [0.2, 0.25) is 0 Å². The molecule has 1 aliphatic rings. The van der Waals surface area contributed by atoms with Crippen LogP contribution in [0.15, 0.2) is 0 Å². The first kappa shape index (κ1) is 9.88. The molecule has 0 spiro atoms. The van der Waals surface area contributed by atoms with E-state index in [1.54, 1.807) is 0 Å². The number of hydrogen-bond donors (Lipinski definition) is 1. The van der Waals surface area contributed by atoms with Gasteiger partial charge in [-0.2, -0.15) is 0 Å². The summed E-state index contributed by atoms with van der Waals surface area (Å²) in [5.41, 5.74) is 0. The standard InChI is InChI=1S/C6H12O3.CH4/c1-4-5(2)9-6(3-7)8-4;/h4-7H,3H2,1-2H3;1H4/t4-,5?,6?;/m1./s1. The number of aliphatic hydroxyl groups excluding tert-OH is 1. The van der Waals surface area contributed by atoms with E-state index in [4.69, 9.17) is 14.6 Å². The molecule has 0 aliphatic carbocycles. The van der Waals surface area contributed by atoms with Crippen molar-refractivity contribution >= 4 is 0 Å². The van der Waals surface area contributed by atoms with Crippen LogP contribution in [0.1, 0.15) is 21.3 Å². The van der Waals surface area contributed by atoms with Crippen LogP contribution in [0.5, 0.6) is 0 Å². The molecule has 1 saturated heterocycles. The molecule has 0 saturated carbocycles. The Labute approximate surface area is 62.0 Å². The summed E-state index contributed by atoms with van der Waals surface area (Å²) in [6.45, 7) is 3.81. The van der Waals surface area contributed by atoms with Crippen LogP contribution in [-0.2, 0) is 9.47 Å². The molecule has 0 aromatic rings. The van der Waals surface area contributed by atoms with Gasteiger partial charge in [-0.25, -0.2) is 0 Å². The summed E-state index contributed by atoms with van der Waals surface area (Å²) in [4.78, 5) is 0. The van der Waals surface area contributed by atoms with Crippen LogP contribution >= 0.6 is 0 Å². The van der Waals surface area contributed by atoms with Crippen molar-refractivity contribution in [2.24, 2.45) is 0 Å². The summed E-state index contributed by atoms with van der Waals surface area (Å²) in [6.07, 6.45) is -0.167. The second kappa shape index (κ2) is 3.91. The highest BCUT2D eigenvalue weighted by molar-refractivity contribution is 4.68. The average molecular weight is 148 g/mol. The van der Waals surface area contributed by atoms with Gasteiger partial charge in [-0.3, -0.25) is 0 Å². The SMILES string of the molecule is C.CC1OC(CO)O[C@@H]1C. The van der Waals surface area contributed by atoms with Gasteiger partial charge in [0.05, 0.1) is 18.8 Å². The molecule has 0 aromatic carbocycles. The van der Waals surface area contributed by atoms with E-state index in [1.807, 2.05) is 13.8 Å². The molecule has 10 heavy (non-hydrogen) atoms. The lowest BCUT2D eigenvalue weighted by molar-refractivity contribution is -0.0921.